The molecule has 0 aliphatic rings. The minimum absolute atomic E-state index is 0.473. The van der Waals surface area contributed by atoms with Crippen LogP contribution in [0.15, 0.2) is 48.5 Å². The van der Waals surface area contributed by atoms with E-state index in [0.29, 0.717) is 6.61 Å². The van der Waals surface area contributed by atoms with Crippen molar-refractivity contribution < 1.29 is 14.6 Å². The zero-order valence-corrected chi connectivity index (χ0v) is 11.2. The van der Waals surface area contributed by atoms with Crippen molar-refractivity contribution >= 4 is 0 Å². The van der Waals surface area contributed by atoms with E-state index in [1.54, 1.807) is 14.0 Å². The molecular formula is C16H18O3. The molecule has 19 heavy (non-hydrogen) atoms. The predicted molar refractivity (Wildman–Crippen MR) is 74.4 cm³/mol. The first-order valence-corrected chi connectivity index (χ1v) is 6.23. The predicted octanol–water partition coefficient (Wildman–Crippen LogP) is 3.33. The van der Waals surface area contributed by atoms with Gasteiger partial charge in [0.15, 0.2) is 0 Å². The summed E-state index contributed by atoms with van der Waals surface area (Å²) in [5.74, 6) is 1.57. The van der Waals surface area contributed by atoms with Crippen LogP contribution < -0.4 is 9.47 Å². The van der Waals surface area contributed by atoms with Crippen molar-refractivity contribution in [3.63, 3.8) is 0 Å². The molecule has 0 amide bonds. The van der Waals surface area contributed by atoms with Gasteiger partial charge >= 0.3 is 0 Å². The Morgan fingerprint density at radius 2 is 1.79 bits per heavy atom. The summed E-state index contributed by atoms with van der Waals surface area (Å²) in [6.07, 6.45) is -0.486. The second kappa shape index (κ2) is 6.25. The van der Waals surface area contributed by atoms with Gasteiger partial charge in [0.1, 0.15) is 18.1 Å². The summed E-state index contributed by atoms with van der Waals surface area (Å²) in [5.41, 5.74) is 1.89. The molecule has 100 valence electrons. The first kappa shape index (κ1) is 13.4. The van der Waals surface area contributed by atoms with Crippen molar-refractivity contribution in [2.24, 2.45) is 0 Å². The average molecular weight is 258 g/mol. The Balaban J connectivity index is 2.03. The fraction of sp³-hybridized carbons (Fsp3) is 0.250. The zero-order chi connectivity index (χ0) is 13.7. The molecule has 3 nitrogen and oxygen atoms in total. The Labute approximate surface area is 113 Å². The van der Waals surface area contributed by atoms with E-state index >= 15 is 0 Å². The smallest absolute Gasteiger partial charge is 0.120 e. The molecule has 0 radical (unpaired) electrons. The number of rotatable bonds is 5. The highest BCUT2D eigenvalue weighted by Gasteiger charge is 2.03. The molecule has 0 spiro atoms. The number of hydrogen-bond acceptors (Lipinski definition) is 3. The largest absolute Gasteiger partial charge is 0.497 e. The monoisotopic (exact) mass is 258 g/mol. The molecule has 0 saturated carbocycles. The number of hydrogen-bond donors (Lipinski definition) is 1. The van der Waals surface area contributed by atoms with Gasteiger partial charge in [-0.2, -0.15) is 0 Å². The number of aliphatic hydroxyl groups is 1. The summed E-state index contributed by atoms with van der Waals surface area (Å²) >= 11 is 0. The van der Waals surface area contributed by atoms with Crippen LogP contribution in [0.25, 0.3) is 0 Å². The number of methoxy groups -OCH3 is 1. The minimum Gasteiger partial charge on any atom is -0.497 e. The molecule has 2 rings (SSSR count). The van der Waals surface area contributed by atoms with Crippen molar-refractivity contribution in [2.75, 3.05) is 7.11 Å². The molecule has 3 heteroatoms. The maximum absolute atomic E-state index is 9.53. The molecule has 1 atom stereocenters. The molecule has 0 fully saturated rings. The molecule has 0 bridgehead atoms. The van der Waals surface area contributed by atoms with E-state index in [1.807, 2.05) is 48.5 Å². The Bertz CT molecular complexity index is 535. The fourth-order valence-electron chi connectivity index (χ4n) is 1.79. The Kier molecular flexibility index (Phi) is 4.42. The first-order chi connectivity index (χ1) is 9.19. The highest BCUT2D eigenvalue weighted by molar-refractivity contribution is 5.31. The third kappa shape index (κ3) is 3.73. The van der Waals surface area contributed by atoms with Crippen molar-refractivity contribution in [2.45, 2.75) is 19.6 Å². The van der Waals surface area contributed by atoms with Crippen LogP contribution in [0.4, 0.5) is 0 Å². The second-order valence-corrected chi connectivity index (χ2v) is 4.39. The van der Waals surface area contributed by atoms with Gasteiger partial charge in [-0.15, -0.1) is 0 Å². The number of benzene rings is 2. The van der Waals surface area contributed by atoms with E-state index in [4.69, 9.17) is 9.47 Å². The summed E-state index contributed by atoms with van der Waals surface area (Å²) in [6, 6.07) is 15.3. The van der Waals surface area contributed by atoms with Gasteiger partial charge in [0.25, 0.3) is 0 Å². The van der Waals surface area contributed by atoms with Gasteiger partial charge in [0.05, 0.1) is 13.2 Å². The molecule has 0 aliphatic heterocycles. The van der Waals surface area contributed by atoms with Crippen molar-refractivity contribution in [1.29, 1.82) is 0 Å². The van der Waals surface area contributed by atoms with E-state index < -0.39 is 6.10 Å². The van der Waals surface area contributed by atoms with Crippen LogP contribution >= 0.6 is 0 Å². The van der Waals surface area contributed by atoms with E-state index in [2.05, 4.69) is 0 Å². The van der Waals surface area contributed by atoms with Crippen LogP contribution in [0.2, 0.25) is 0 Å². The molecule has 0 aliphatic carbocycles. The van der Waals surface area contributed by atoms with Crippen molar-refractivity contribution in [1.82, 2.24) is 0 Å². The van der Waals surface area contributed by atoms with Crippen molar-refractivity contribution in [3.8, 4) is 11.5 Å². The average Bonchev–Trinajstić information content (AvgIpc) is 2.45. The van der Waals surface area contributed by atoms with Gasteiger partial charge in [-0.3, -0.25) is 0 Å². The third-order valence-corrected chi connectivity index (χ3v) is 2.88. The quantitative estimate of drug-likeness (QED) is 0.894. The van der Waals surface area contributed by atoms with Gasteiger partial charge in [0, 0.05) is 0 Å². The van der Waals surface area contributed by atoms with E-state index in [-0.39, 0.29) is 0 Å². The maximum atomic E-state index is 9.53. The van der Waals surface area contributed by atoms with Gasteiger partial charge in [-0.25, -0.2) is 0 Å². The van der Waals surface area contributed by atoms with Crippen LogP contribution in [0.3, 0.4) is 0 Å². The highest BCUT2D eigenvalue weighted by Crippen LogP contribution is 2.20. The summed E-state index contributed by atoms with van der Waals surface area (Å²) in [7, 11) is 1.64. The van der Waals surface area contributed by atoms with Crippen LogP contribution in [-0.2, 0) is 6.61 Å². The topological polar surface area (TPSA) is 38.7 Å². The summed E-state index contributed by atoms with van der Waals surface area (Å²) in [6.45, 7) is 2.21. The second-order valence-electron chi connectivity index (χ2n) is 4.39. The number of ether oxygens (including phenoxy) is 2. The van der Waals surface area contributed by atoms with Gasteiger partial charge < -0.3 is 14.6 Å². The third-order valence-electron chi connectivity index (χ3n) is 2.88. The fourth-order valence-corrected chi connectivity index (χ4v) is 1.79. The normalized spacial score (nSPS) is 11.9. The Hall–Kier alpha value is -2.00. The van der Waals surface area contributed by atoms with E-state index in [9.17, 15) is 5.11 Å². The van der Waals surface area contributed by atoms with Crippen LogP contribution in [0, 0.1) is 0 Å². The van der Waals surface area contributed by atoms with Gasteiger partial charge in [-0.1, -0.05) is 24.3 Å². The molecular weight excluding hydrogens is 240 g/mol. The Morgan fingerprint density at radius 1 is 1.05 bits per heavy atom. The first-order valence-electron chi connectivity index (χ1n) is 6.23. The standard InChI is InChI=1S/C16H18O3/c1-12(17)14-6-4-8-16(10-14)19-11-13-5-3-7-15(9-13)18-2/h3-10,12,17H,11H2,1-2H3/t12-/m0/s1. The molecule has 0 unspecified atom stereocenters. The lowest BCUT2D eigenvalue weighted by molar-refractivity contribution is 0.198. The summed E-state index contributed by atoms with van der Waals surface area (Å²) in [4.78, 5) is 0. The summed E-state index contributed by atoms with van der Waals surface area (Å²) in [5, 5.41) is 9.53. The highest BCUT2D eigenvalue weighted by atomic mass is 16.5. The SMILES string of the molecule is COc1cccc(COc2cccc([C@H](C)O)c2)c1. The lowest BCUT2D eigenvalue weighted by atomic mass is 10.1. The number of aliphatic hydroxyl groups excluding tert-OH is 1. The summed E-state index contributed by atoms with van der Waals surface area (Å²) < 4.78 is 10.9. The molecule has 2 aromatic carbocycles. The Morgan fingerprint density at radius 3 is 2.53 bits per heavy atom. The molecule has 0 heterocycles. The van der Waals surface area contributed by atoms with Gasteiger partial charge in [0.2, 0.25) is 0 Å². The van der Waals surface area contributed by atoms with Crippen LogP contribution in [0.1, 0.15) is 24.2 Å². The lowest BCUT2D eigenvalue weighted by Gasteiger charge is -2.10. The van der Waals surface area contributed by atoms with E-state index in [1.165, 1.54) is 0 Å². The maximum Gasteiger partial charge on any atom is 0.120 e. The van der Waals surface area contributed by atoms with Crippen molar-refractivity contribution in [3.05, 3.63) is 59.7 Å². The van der Waals surface area contributed by atoms with Crippen LogP contribution in [-0.4, -0.2) is 12.2 Å². The zero-order valence-electron chi connectivity index (χ0n) is 11.2. The molecule has 1 N–H and O–H groups in total. The van der Waals surface area contributed by atoms with Crippen LogP contribution in [0.5, 0.6) is 11.5 Å². The molecule has 2 aromatic rings. The minimum atomic E-state index is -0.486. The molecule has 0 aromatic heterocycles. The van der Waals surface area contributed by atoms with E-state index in [0.717, 1.165) is 22.6 Å². The molecule has 0 saturated heterocycles. The lowest BCUT2D eigenvalue weighted by Crippen LogP contribution is -1.97. The van der Waals surface area contributed by atoms with Gasteiger partial charge in [-0.05, 0) is 42.3 Å².